The number of benzene rings is 2. The van der Waals surface area contributed by atoms with Gasteiger partial charge in [-0.15, -0.1) is 34.9 Å². The SMILES string of the molecule is CC(C)C[C@H]1CCC2C[C@@H](CC(C)C)C(O)C2C1O.Cc1[c-]c(-c2nccc3ccccc23)cc(C)c1.[Ir]. The molecule has 4 unspecified atom stereocenters. The number of aromatic nitrogens is 1. The van der Waals surface area contributed by atoms with Crippen LogP contribution in [0.25, 0.3) is 22.0 Å². The fourth-order valence-electron chi connectivity index (χ4n) is 7.04. The molecule has 2 saturated carbocycles. The summed E-state index contributed by atoms with van der Waals surface area (Å²) >= 11 is 0. The number of nitrogens with zero attached hydrogens (tertiary/aromatic N) is 1. The summed E-state index contributed by atoms with van der Waals surface area (Å²) in [7, 11) is 0. The van der Waals surface area contributed by atoms with Crippen LogP contribution in [0.15, 0.2) is 48.7 Å². The monoisotopic (exact) mass is 693 g/mol. The van der Waals surface area contributed by atoms with Crippen molar-refractivity contribution >= 4 is 10.8 Å². The van der Waals surface area contributed by atoms with E-state index in [9.17, 15) is 10.2 Å². The van der Waals surface area contributed by atoms with E-state index in [1.807, 2.05) is 12.3 Å². The number of aliphatic hydroxyl groups is 2. The molecule has 209 valence electrons. The van der Waals surface area contributed by atoms with Crippen molar-refractivity contribution in [2.45, 2.75) is 85.9 Å². The first-order valence-corrected chi connectivity index (χ1v) is 14.3. The third-order valence-electron chi connectivity index (χ3n) is 8.44. The molecular weight excluding hydrogens is 647 g/mol. The maximum Gasteiger partial charge on any atom is 0.0624 e. The molecule has 0 saturated heterocycles. The largest absolute Gasteiger partial charge is 0.392 e. The maximum atomic E-state index is 10.7. The van der Waals surface area contributed by atoms with Crippen molar-refractivity contribution in [3.8, 4) is 11.3 Å². The summed E-state index contributed by atoms with van der Waals surface area (Å²) in [6.07, 6.45) is 7.04. The van der Waals surface area contributed by atoms with Gasteiger partial charge in [-0.25, -0.2) is 0 Å². The number of hydrogen-bond acceptors (Lipinski definition) is 3. The summed E-state index contributed by atoms with van der Waals surface area (Å²) in [5.41, 5.74) is 4.49. The molecule has 2 aromatic carbocycles. The number of pyridine rings is 1. The summed E-state index contributed by atoms with van der Waals surface area (Å²) < 4.78 is 0. The predicted octanol–water partition coefficient (Wildman–Crippen LogP) is 7.78. The summed E-state index contributed by atoms with van der Waals surface area (Å²) in [5, 5.41) is 23.6. The first-order valence-electron chi connectivity index (χ1n) is 14.3. The van der Waals surface area contributed by atoms with Gasteiger partial charge in [-0.3, -0.25) is 0 Å². The smallest absolute Gasteiger partial charge is 0.0624 e. The van der Waals surface area contributed by atoms with Gasteiger partial charge in [0.05, 0.1) is 12.2 Å². The molecule has 1 aromatic heterocycles. The Hall–Kier alpha value is -1.58. The second-order valence-corrected chi connectivity index (χ2v) is 12.5. The zero-order chi connectivity index (χ0) is 26.7. The van der Waals surface area contributed by atoms with E-state index in [0.717, 1.165) is 42.5 Å². The normalized spacial score (nSPS) is 26.6. The molecular formula is C34H46IrNO2-. The molecule has 3 nitrogen and oxygen atoms in total. The third-order valence-corrected chi connectivity index (χ3v) is 8.44. The van der Waals surface area contributed by atoms with Crippen molar-refractivity contribution in [3.63, 3.8) is 0 Å². The first-order chi connectivity index (χ1) is 17.6. The average molecular weight is 693 g/mol. The van der Waals surface area contributed by atoms with Gasteiger partial charge >= 0.3 is 0 Å². The van der Waals surface area contributed by atoms with Crippen LogP contribution in [0, 0.1) is 55.4 Å². The Kier molecular flexibility index (Phi) is 11.1. The van der Waals surface area contributed by atoms with Gasteiger partial charge in [0.2, 0.25) is 0 Å². The first kappa shape index (κ1) is 31.0. The molecule has 38 heavy (non-hydrogen) atoms. The molecule has 4 heteroatoms. The van der Waals surface area contributed by atoms with Gasteiger partial charge in [0.15, 0.2) is 0 Å². The molecule has 0 aliphatic heterocycles. The van der Waals surface area contributed by atoms with E-state index in [4.69, 9.17) is 0 Å². The second kappa shape index (κ2) is 13.7. The van der Waals surface area contributed by atoms with E-state index in [1.54, 1.807) is 0 Å². The van der Waals surface area contributed by atoms with Crippen LogP contribution >= 0.6 is 0 Å². The molecule has 1 heterocycles. The Balaban J connectivity index is 0.000000205. The third kappa shape index (κ3) is 7.33. The van der Waals surface area contributed by atoms with Crippen molar-refractivity contribution in [3.05, 3.63) is 65.9 Å². The molecule has 6 atom stereocenters. The minimum Gasteiger partial charge on any atom is -0.392 e. The Morgan fingerprint density at radius 2 is 1.55 bits per heavy atom. The number of fused-ring (bicyclic) bond motifs is 2. The molecule has 0 amide bonds. The number of rotatable bonds is 5. The zero-order valence-electron chi connectivity index (χ0n) is 23.9. The zero-order valence-corrected chi connectivity index (χ0v) is 26.3. The fraction of sp³-hybridized carbons (Fsp3) is 0.559. The average Bonchev–Trinajstić information content (AvgIpc) is 3.15. The van der Waals surface area contributed by atoms with Gasteiger partial charge in [0.25, 0.3) is 0 Å². The molecule has 2 N–H and O–H groups in total. The van der Waals surface area contributed by atoms with E-state index < -0.39 is 0 Å². The van der Waals surface area contributed by atoms with Gasteiger partial charge in [0, 0.05) is 32.2 Å². The molecule has 2 aliphatic rings. The van der Waals surface area contributed by atoms with Gasteiger partial charge in [-0.2, -0.15) is 0 Å². The van der Waals surface area contributed by atoms with Crippen molar-refractivity contribution in [2.24, 2.45) is 35.5 Å². The van der Waals surface area contributed by atoms with Crippen LogP contribution in [0.4, 0.5) is 0 Å². The Labute approximate surface area is 243 Å². The summed E-state index contributed by atoms with van der Waals surface area (Å²) in [5.74, 6) is 2.83. The van der Waals surface area contributed by atoms with Crippen LogP contribution in [0.1, 0.15) is 70.9 Å². The van der Waals surface area contributed by atoms with Crippen molar-refractivity contribution < 1.29 is 30.3 Å². The number of hydrogen-bond donors (Lipinski definition) is 2. The van der Waals surface area contributed by atoms with Crippen molar-refractivity contribution in [1.29, 1.82) is 0 Å². The molecule has 2 aliphatic carbocycles. The summed E-state index contributed by atoms with van der Waals surface area (Å²) in [6, 6.07) is 18.0. The maximum absolute atomic E-state index is 10.7. The van der Waals surface area contributed by atoms with E-state index >= 15 is 0 Å². The van der Waals surface area contributed by atoms with Crippen molar-refractivity contribution in [2.75, 3.05) is 0 Å². The van der Waals surface area contributed by atoms with E-state index in [2.05, 4.69) is 89.0 Å². The van der Waals surface area contributed by atoms with Gasteiger partial charge in [0.1, 0.15) is 0 Å². The number of aryl methyl sites for hydroxylation is 2. The molecule has 5 rings (SSSR count). The fourth-order valence-corrected chi connectivity index (χ4v) is 7.04. The van der Waals surface area contributed by atoms with Crippen molar-refractivity contribution in [1.82, 2.24) is 4.98 Å². The van der Waals surface area contributed by atoms with Gasteiger partial charge in [-0.05, 0) is 84.2 Å². The minimum absolute atomic E-state index is 0. The summed E-state index contributed by atoms with van der Waals surface area (Å²) in [6.45, 7) is 13.1. The summed E-state index contributed by atoms with van der Waals surface area (Å²) in [4.78, 5) is 4.53. The molecule has 0 bridgehead atoms. The van der Waals surface area contributed by atoms with Gasteiger partial charge < -0.3 is 15.2 Å². The molecule has 2 fully saturated rings. The topological polar surface area (TPSA) is 53.4 Å². The standard InChI is InChI=1S/C17H14N.C17H32O2.Ir/c1-12-9-13(2)11-15(10-12)17-16-6-4-3-5-14(16)7-8-18-17;1-10(2)7-13-6-5-12-9-14(8-11(3)4)17(19)15(12)16(13)18;/h3-10H,1-2H3;10-19H,5-9H2,1-4H3;/q-1;;/t;12?,13-,14-,15?,16?,17?;/m.1./s1. The van der Waals surface area contributed by atoms with E-state index in [-0.39, 0.29) is 38.2 Å². The van der Waals surface area contributed by atoms with Gasteiger partial charge in [-0.1, -0.05) is 65.8 Å². The minimum atomic E-state index is -0.270. The van der Waals surface area contributed by atoms with Crippen LogP contribution in [-0.2, 0) is 20.1 Å². The number of aliphatic hydroxyl groups excluding tert-OH is 2. The Bertz CT molecular complexity index is 1140. The van der Waals surface area contributed by atoms with E-state index in [1.165, 1.54) is 22.8 Å². The quantitative estimate of drug-likeness (QED) is 0.269. The van der Waals surface area contributed by atoms with Crippen LogP contribution in [0.5, 0.6) is 0 Å². The Morgan fingerprint density at radius 3 is 2.24 bits per heavy atom. The Morgan fingerprint density at radius 1 is 0.895 bits per heavy atom. The second-order valence-electron chi connectivity index (χ2n) is 12.5. The van der Waals surface area contributed by atoms with Crippen LogP contribution < -0.4 is 0 Å². The van der Waals surface area contributed by atoms with Crippen LogP contribution in [-0.4, -0.2) is 27.4 Å². The van der Waals surface area contributed by atoms with Crippen LogP contribution in [0.3, 0.4) is 0 Å². The molecule has 1 radical (unpaired) electrons. The predicted molar refractivity (Wildman–Crippen MR) is 154 cm³/mol. The molecule has 0 spiro atoms. The van der Waals surface area contributed by atoms with Crippen LogP contribution in [0.2, 0.25) is 0 Å². The molecule has 3 aromatic rings. The van der Waals surface area contributed by atoms with E-state index in [0.29, 0.717) is 29.6 Å².